The van der Waals surface area contributed by atoms with Gasteiger partial charge in [-0.1, -0.05) is 59.6 Å². The molecule has 2 fully saturated rings. The van der Waals surface area contributed by atoms with Gasteiger partial charge in [0.25, 0.3) is 0 Å². The molecule has 8 rings (SSSR count). The third kappa shape index (κ3) is 6.31. The molecule has 4 aliphatic rings. The van der Waals surface area contributed by atoms with E-state index in [0.29, 0.717) is 6.04 Å². The van der Waals surface area contributed by atoms with E-state index in [9.17, 15) is 0 Å². The number of halogens is 2. The van der Waals surface area contributed by atoms with E-state index in [0.717, 1.165) is 71.1 Å². The summed E-state index contributed by atoms with van der Waals surface area (Å²) in [6.07, 6.45) is 6.99. The number of nitrogens with zero attached hydrogens (tertiary/aromatic N) is 2. The molecule has 6 heteroatoms. The van der Waals surface area contributed by atoms with Crippen molar-refractivity contribution >= 4 is 23.2 Å². The predicted molar refractivity (Wildman–Crippen MR) is 193 cm³/mol. The second-order valence-electron chi connectivity index (χ2n) is 14.5. The first-order chi connectivity index (χ1) is 22.7. The Balaban J connectivity index is 1.04. The topological polar surface area (TPSA) is 24.9 Å². The largest absolute Gasteiger partial charge is 0.488 e. The number of ether oxygens (including phenoxy) is 2. The minimum atomic E-state index is 0.0719. The third-order valence-electron chi connectivity index (χ3n) is 10.5. The van der Waals surface area contributed by atoms with Crippen LogP contribution in [-0.2, 0) is 12.8 Å². The zero-order valence-corrected chi connectivity index (χ0v) is 29.4. The molecule has 2 unspecified atom stereocenters. The second-order valence-corrected chi connectivity index (χ2v) is 15.3. The monoisotopic (exact) mass is 666 g/mol. The summed E-state index contributed by atoms with van der Waals surface area (Å²) in [5.41, 5.74) is 12.1. The van der Waals surface area contributed by atoms with Gasteiger partial charge >= 0.3 is 0 Å². The van der Waals surface area contributed by atoms with Crippen LogP contribution in [0.1, 0.15) is 59.1 Å². The van der Waals surface area contributed by atoms with E-state index < -0.39 is 0 Å². The van der Waals surface area contributed by atoms with E-state index in [1.807, 2.05) is 0 Å². The highest BCUT2D eigenvalue weighted by atomic mass is 35.5. The van der Waals surface area contributed by atoms with Crippen molar-refractivity contribution in [1.82, 2.24) is 10.0 Å². The Hall–Kier alpha value is -3.02. The molecule has 47 heavy (non-hydrogen) atoms. The summed E-state index contributed by atoms with van der Waals surface area (Å²) in [5, 5.41) is 6.84. The Morgan fingerprint density at radius 3 is 1.53 bits per heavy atom. The lowest BCUT2D eigenvalue weighted by Gasteiger charge is -2.38. The van der Waals surface area contributed by atoms with Crippen LogP contribution >= 0.6 is 23.2 Å². The molecule has 0 amide bonds. The fraction of sp³-hybridized carbons (Fsp3) is 0.415. The summed E-state index contributed by atoms with van der Waals surface area (Å²) in [5.74, 6) is 2.77. The first-order valence-corrected chi connectivity index (χ1v) is 18.1. The van der Waals surface area contributed by atoms with Crippen molar-refractivity contribution in [3.63, 3.8) is 0 Å². The Labute approximate surface area is 289 Å². The zero-order chi connectivity index (χ0) is 32.4. The molecule has 0 radical (unpaired) electrons. The quantitative estimate of drug-likeness (QED) is 0.157. The van der Waals surface area contributed by atoms with Crippen LogP contribution < -0.4 is 9.47 Å². The Bertz CT molecular complexity index is 1810. The Kier molecular flexibility index (Phi) is 8.28. The van der Waals surface area contributed by atoms with Crippen molar-refractivity contribution in [2.75, 3.05) is 19.6 Å². The third-order valence-corrected chi connectivity index (χ3v) is 11.0. The minimum Gasteiger partial charge on any atom is -0.488 e. The Morgan fingerprint density at radius 1 is 0.617 bits per heavy atom. The molecule has 2 saturated carbocycles. The number of hydrogen-bond acceptors (Lipinski definition) is 4. The molecule has 4 aromatic carbocycles. The van der Waals surface area contributed by atoms with E-state index in [1.165, 1.54) is 70.2 Å². The predicted octanol–water partition coefficient (Wildman–Crippen LogP) is 9.96. The van der Waals surface area contributed by atoms with E-state index >= 15 is 0 Å². The number of aryl methyl sites for hydroxylation is 4. The maximum atomic E-state index is 6.89. The number of hydrazine groups is 1. The van der Waals surface area contributed by atoms with Crippen LogP contribution in [0.5, 0.6) is 11.5 Å². The summed E-state index contributed by atoms with van der Waals surface area (Å²) in [6.45, 7) is 11.5. The summed E-state index contributed by atoms with van der Waals surface area (Å²) in [7, 11) is 0. The van der Waals surface area contributed by atoms with E-state index in [4.69, 9.17) is 32.7 Å². The maximum absolute atomic E-state index is 6.89. The van der Waals surface area contributed by atoms with Crippen molar-refractivity contribution in [1.29, 1.82) is 0 Å². The molecule has 2 atom stereocenters. The van der Waals surface area contributed by atoms with Gasteiger partial charge in [-0.2, -0.15) is 0 Å². The molecule has 0 bridgehead atoms. The molecular weight excluding hydrogens is 623 g/mol. The molecule has 0 aromatic heterocycles. The van der Waals surface area contributed by atoms with Crippen LogP contribution in [0.4, 0.5) is 0 Å². The van der Waals surface area contributed by atoms with Crippen LogP contribution in [0.2, 0.25) is 10.0 Å². The molecule has 2 aliphatic heterocycles. The van der Waals surface area contributed by atoms with Gasteiger partial charge in [-0.15, -0.1) is 0 Å². The van der Waals surface area contributed by atoms with Crippen molar-refractivity contribution in [3.8, 4) is 33.8 Å². The van der Waals surface area contributed by atoms with Gasteiger partial charge < -0.3 is 9.47 Å². The maximum Gasteiger partial charge on any atom is 0.131 e. The summed E-state index contributed by atoms with van der Waals surface area (Å²) >= 11 is 13.5. The molecule has 0 N–H and O–H groups in total. The lowest BCUT2D eigenvalue weighted by Crippen LogP contribution is -2.52. The first kappa shape index (κ1) is 31.3. The Morgan fingerprint density at radius 2 is 1.09 bits per heavy atom. The fourth-order valence-corrected chi connectivity index (χ4v) is 8.52. The van der Waals surface area contributed by atoms with Crippen LogP contribution in [0.15, 0.2) is 60.7 Å². The second kappa shape index (κ2) is 12.5. The lowest BCUT2D eigenvalue weighted by atomic mass is 9.93. The van der Waals surface area contributed by atoms with Gasteiger partial charge in [0.05, 0.1) is 13.1 Å². The van der Waals surface area contributed by atoms with Gasteiger partial charge in [0.15, 0.2) is 0 Å². The molecule has 0 spiro atoms. The SMILES string of the molecule is Cc1cccc(C)c1-c1cc(Cl)cc2c1OC(CN(CC1CC1)N(CC1Cc3cc(Cl)cc(-c4c(C)cccc4C)c3O1)C1CC1)C2. The summed E-state index contributed by atoms with van der Waals surface area (Å²) in [6, 6.07) is 21.9. The lowest BCUT2D eigenvalue weighted by molar-refractivity contribution is -0.0728. The number of benzene rings is 4. The molecule has 4 nitrogen and oxygen atoms in total. The van der Waals surface area contributed by atoms with E-state index in [-0.39, 0.29) is 12.2 Å². The van der Waals surface area contributed by atoms with Gasteiger partial charge in [0.2, 0.25) is 0 Å². The van der Waals surface area contributed by atoms with Crippen molar-refractivity contribution in [2.45, 2.75) is 84.5 Å². The molecule has 0 saturated heterocycles. The van der Waals surface area contributed by atoms with Crippen molar-refractivity contribution in [2.24, 2.45) is 5.92 Å². The molecule has 4 aromatic rings. The van der Waals surface area contributed by atoms with Crippen LogP contribution in [0.3, 0.4) is 0 Å². The average molecular weight is 668 g/mol. The van der Waals surface area contributed by atoms with E-state index in [2.05, 4.69) is 98.4 Å². The van der Waals surface area contributed by atoms with Gasteiger partial charge in [-0.25, -0.2) is 10.0 Å². The highest BCUT2D eigenvalue weighted by molar-refractivity contribution is 6.31. The average Bonchev–Trinajstić information content (AvgIpc) is 3.94. The van der Waals surface area contributed by atoms with Crippen LogP contribution in [0, 0.1) is 33.6 Å². The molecule has 2 heterocycles. The minimum absolute atomic E-state index is 0.0719. The van der Waals surface area contributed by atoms with Crippen LogP contribution in [-0.4, -0.2) is 47.9 Å². The normalized spacial score (nSPS) is 20.0. The standard InChI is InChI=1S/C41H44Cl2N2O2/c1-24-7-5-8-25(2)38(24)36-19-31(42)15-29-17-34(46-40(29)36)22-44(21-28-11-12-28)45(33-13-14-33)23-35-18-30-16-32(43)20-37(41(30)47-35)39-26(3)9-6-10-27(39)4/h5-10,15-16,19-20,28,33-35H,11-14,17-18,21-23H2,1-4H3. The van der Waals surface area contributed by atoms with Crippen LogP contribution in [0.25, 0.3) is 22.3 Å². The molecule has 2 aliphatic carbocycles. The molecular formula is C41H44Cl2N2O2. The number of fused-ring (bicyclic) bond motifs is 2. The van der Waals surface area contributed by atoms with E-state index in [1.54, 1.807) is 0 Å². The van der Waals surface area contributed by atoms with Gasteiger partial charge in [-0.3, -0.25) is 0 Å². The van der Waals surface area contributed by atoms with Crippen molar-refractivity contribution in [3.05, 3.63) is 104 Å². The van der Waals surface area contributed by atoms with Crippen molar-refractivity contribution < 1.29 is 9.47 Å². The van der Waals surface area contributed by atoms with Gasteiger partial charge in [-0.05, 0) is 128 Å². The highest BCUT2D eigenvalue weighted by Gasteiger charge is 2.41. The smallest absolute Gasteiger partial charge is 0.131 e. The first-order valence-electron chi connectivity index (χ1n) is 17.3. The fourth-order valence-electron chi connectivity index (χ4n) is 8.04. The molecule has 244 valence electrons. The zero-order valence-electron chi connectivity index (χ0n) is 27.9. The summed E-state index contributed by atoms with van der Waals surface area (Å²) < 4.78 is 13.8. The number of hydrogen-bond donors (Lipinski definition) is 0. The highest BCUT2D eigenvalue weighted by Crippen LogP contribution is 2.46. The van der Waals surface area contributed by atoms with Gasteiger partial charge in [0, 0.05) is 46.6 Å². The van der Waals surface area contributed by atoms with Gasteiger partial charge in [0.1, 0.15) is 23.7 Å². The number of rotatable bonds is 10. The summed E-state index contributed by atoms with van der Waals surface area (Å²) in [4.78, 5) is 0.